The lowest BCUT2D eigenvalue weighted by atomic mass is 10.1. The highest BCUT2D eigenvalue weighted by Gasteiger charge is 2.24. The van der Waals surface area contributed by atoms with Crippen LogP contribution in [0.1, 0.15) is 0 Å². The number of nitrogens with one attached hydrogen (secondary N) is 3. The summed E-state index contributed by atoms with van der Waals surface area (Å²) in [4.78, 5) is 15.5. The molecule has 4 rings (SSSR count). The van der Waals surface area contributed by atoms with Crippen molar-refractivity contribution >= 4 is 22.4 Å². The van der Waals surface area contributed by atoms with Crippen molar-refractivity contribution in [3.05, 3.63) is 72.8 Å². The fraction of sp³-hybridized carbons (Fsp3) is 0.292. The summed E-state index contributed by atoms with van der Waals surface area (Å²) in [6.07, 6.45) is 0. The number of benzene rings is 3. The molecule has 5 nitrogen and oxygen atoms in total. The molecule has 0 radical (unpaired) electrons. The van der Waals surface area contributed by atoms with Crippen molar-refractivity contribution in [1.29, 1.82) is 0 Å². The number of rotatable bonds is 7. The molecule has 1 fully saturated rings. The lowest BCUT2D eigenvalue weighted by Crippen LogP contribution is -3.28. The molecule has 0 spiro atoms. The minimum absolute atomic E-state index is 0.0900. The molecule has 0 saturated carbocycles. The summed E-state index contributed by atoms with van der Waals surface area (Å²) in [7, 11) is 0. The summed E-state index contributed by atoms with van der Waals surface area (Å²) in [5.41, 5.74) is 0.898. The quantitative estimate of drug-likeness (QED) is 0.554. The average Bonchev–Trinajstić information content (AvgIpc) is 2.76. The lowest BCUT2D eigenvalue weighted by Gasteiger charge is -2.29. The maximum atomic E-state index is 12.6. The molecule has 1 aliphatic rings. The molecule has 1 heterocycles. The Hall–Kier alpha value is -2.89. The minimum Gasteiger partial charge on any atom is -0.488 e. The van der Waals surface area contributed by atoms with E-state index in [1.54, 1.807) is 4.90 Å². The minimum atomic E-state index is 0.0900. The molecule has 3 N–H and O–H groups in total. The van der Waals surface area contributed by atoms with E-state index in [0.717, 1.165) is 61.5 Å². The van der Waals surface area contributed by atoms with Gasteiger partial charge in [0.05, 0.1) is 0 Å². The van der Waals surface area contributed by atoms with E-state index >= 15 is 0 Å². The number of amides is 1. The molecule has 0 bridgehead atoms. The van der Waals surface area contributed by atoms with Gasteiger partial charge in [-0.1, -0.05) is 54.6 Å². The third-order valence-corrected chi connectivity index (χ3v) is 5.61. The number of hydrogen-bond donors (Lipinski definition) is 3. The van der Waals surface area contributed by atoms with Crippen LogP contribution >= 0.6 is 0 Å². The second-order valence-corrected chi connectivity index (χ2v) is 7.66. The van der Waals surface area contributed by atoms with Gasteiger partial charge in [-0.3, -0.25) is 4.79 Å². The average molecular weight is 392 g/mol. The van der Waals surface area contributed by atoms with E-state index in [9.17, 15) is 4.79 Å². The number of hydrogen-bond acceptors (Lipinski definition) is 2. The fourth-order valence-corrected chi connectivity index (χ4v) is 3.97. The van der Waals surface area contributed by atoms with E-state index in [1.807, 2.05) is 54.6 Å². The van der Waals surface area contributed by atoms with Gasteiger partial charge < -0.3 is 19.9 Å². The van der Waals surface area contributed by atoms with E-state index in [1.165, 1.54) is 4.90 Å². The van der Waals surface area contributed by atoms with E-state index in [0.29, 0.717) is 6.54 Å². The fourth-order valence-electron chi connectivity index (χ4n) is 3.97. The second kappa shape index (κ2) is 9.54. The SMILES string of the molecule is O=C(C[NH+]1CC[NH+](CCOc2ccccc2)CC1)Nc1cccc2ccccc12. The molecule has 29 heavy (non-hydrogen) atoms. The molecular formula is C24H29N3O2+2. The maximum Gasteiger partial charge on any atom is 0.279 e. The zero-order valence-electron chi connectivity index (χ0n) is 16.7. The molecule has 3 aromatic carbocycles. The van der Waals surface area contributed by atoms with Crippen LogP contribution in [0.5, 0.6) is 5.75 Å². The standard InChI is InChI=1S/C24H27N3O2/c28-24(25-23-12-6-8-20-7-4-5-11-22(20)23)19-27-15-13-26(14-16-27)17-18-29-21-9-2-1-3-10-21/h1-12H,13-19H2,(H,25,28)/p+2. The van der Waals surface area contributed by atoms with E-state index in [-0.39, 0.29) is 5.91 Å². The first-order chi connectivity index (χ1) is 14.3. The molecule has 3 aromatic rings. The normalized spacial score (nSPS) is 19.0. The van der Waals surface area contributed by atoms with Gasteiger partial charge in [-0.2, -0.15) is 0 Å². The number of carbonyl (C=O) groups is 1. The van der Waals surface area contributed by atoms with Gasteiger partial charge in [0.15, 0.2) is 6.54 Å². The van der Waals surface area contributed by atoms with Crippen LogP contribution < -0.4 is 19.9 Å². The summed E-state index contributed by atoms with van der Waals surface area (Å²) in [6, 6.07) is 24.2. The van der Waals surface area contributed by atoms with Crippen LogP contribution in [0.15, 0.2) is 72.8 Å². The Morgan fingerprint density at radius 2 is 1.52 bits per heavy atom. The maximum absolute atomic E-state index is 12.6. The monoisotopic (exact) mass is 391 g/mol. The van der Waals surface area contributed by atoms with Crippen molar-refractivity contribution < 1.29 is 19.3 Å². The van der Waals surface area contributed by atoms with Gasteiger partial charge >= 0.3 is 0 Å². The van der Waals surface area contributed by atoms with Crippen LogP contribution in [-0.4, -0.2) is 51.8 Å². The number of carbonyl (C=O) groups excluding carboxylic acids is 1. The van der Waals surface area contributed by atoms with Gasteiger partial charge in [-0.15, -0.1) is 0 Å². The van der Waals surface area contributed by atoms with Crippen molar-refractivity contribution in [3.63, 3.8) is 0 Å². The first kappa shape index (κ1) is 19.4. The summed E-state index contributed by atoms with van der Waals surface area (Å²) in [5.74, 6) is 1.02. The Labute approximate surface area is 171 Å². The molecule has 0 unspecified atom stereocenters. The summed E-state index contributed by atoms with van der Waals surface area (Å²) >= 11 is 0. The smallest absolute Gasteiger partial charge is 0.279 e. The molecule has 0 atom stereocenters. The van der Waals surface area contributed by atoms with Crippen LogP contribution in [0, 0.1) is 0 Å². The van der Waals surface area contributed by atoms with E-state index in [4.69, 9.17) is 4.74 Å². The molecule has 1 amide bonds. The Morgan fingerprint density at radius 1 is 0.828 bits per heavy atom. The Balaban J connectivity index is 1.21. The number of fused-ring (bicyclic) bond motifs is 1. The van der Waals surface area contributed by atoms with E-state index < -0.39 is 0 Å². The van der Waals surface area contributed by atoms with Gasteiger partial charge in [-0.25, -0.2) is 0 Å². The van der Waals surface area contributed by atoms with Gasteiger partial charge in [0.1, 0.15) is 45.1 Å². The van der Waals surface area contributed by atoms with Crippen molar-refractivity contribution in [1.82, 2.24) is 0 Å². The summed E-state index contributed by atoms with van der Waals surface area (Å²) in [5, 5.41) is 5.34. The van der Waals surface area contributed by atoms with Crippen LogP contribution in [0.25, 0.3) is 10.8 Å². The molecule has 0 aromatic heterocycles. The third-order valence-electron chi connectivity index (χ3n) is 5.61. The highest BCUT2D eigenvalue weighted by molar-refractivity contribution is 6.02. The van der Waals surface area contributed by atoms with Crippen LogP contribution in [0.2, 0.25) is 0 Å². The van der Waals surface area contributed by atoms with Crippen molar-refractivity contribution in [2.24, 2.45) is 0 Å². The Kier molecular flexibility index (Phi) is 6.39. The van der Waals surface area contributed by atoms with Crippen molar-refractivity contribution in [2.45, 2.75) is 0 Å². The number of piperazine rings is 1. The van der Waals surface area contributed by atoms with Gasteiger partial charge in [0.2, 0.25) is 0 Å². The summed E-state index contributed by atoms with van der Waals surface area (Å²) in [6.45, 7) is 6.45. The van der Waals surface area contributed by atoms with Crippen LogP contribution in [0.4, 0.5) is 5.69 Å². The molecule has 1 saturated heterocycles. The highest BCUT2D eigenvalue weighted by Crippen LogP contribution is 2.22. The first-order valence-electron chi connectivity index (χ1n) is 10.4. The number of para-hydroxylation sites is 1. The molecule has 1 aliphatic heterocycles. The molecule has 5 heteroatoms. The zero-order chi connectivity index (χ0) is 19.9. The summed E-state index contributed by atoms with van der Waals surface area (Å²) < 4.78 is 5.81. The van der Waals surface area contributed by atoms with Gasteiger partial charge in [0.25, 0.3) is 5.91 Å². The predicted octanol–water partition coefficient (Wildman–Crippen LogP) is 0.641. The molecule has 0 aliphatic carbocycles. The third kappa shape index (κ3) is 5.34. The number of quaternary nitrogens is 2. The largest absolute Gasteiger partial charge is 0.488 e. The van der Waals surface area contributed by atoms with Crippen molar-refractivity contribution in [2.75, 3.05) is 51.2 Å². The predicted molar refractivity (Wildman–Crippen MR) is 116 cm³/mol. The number of anilines is 1. The van der Waals surface area contributed by atoms with Gasteiger partial charge in [0, 0.05) is 11.1 Å². The first-order valence-corrected chi connectivity index (χ1v) is 10.4. The Morgan fingerprint density at radius 3 is 2.34 bits per heavy atom. The zero-order valence-corrected chi connectivity index (χ0v) is 16.7. The molecular weight excluding hydrogens is 362 g/mol. The highest BCUT2D eigenvalue weighted by atomic mass is 16.5. The van der Waals surface area contributed by atoms with Gasteiger partial charge in [-0.05, 0) is 23.6 Å². The molecule has 150 valence electrons. The van der Waals surface area contributed by atoms with Crippen molar-refractivity contribution in [3.8, 4) is 5.75 Å². The lowest BCUT2D eigenvalue weighted by molar-refractivity contribution is -1.01. The second-order valence-electron chi connectivity index (χ2n) is 7.66. The van der Waals surface area contributed by atoms with Crippen LogP contribution in [-0.2, 0) is 4.79 Å². The van der Waals surface area contributed by atoms with Crippen LogP contribution in [0.3, 0.4) is 0 Å². The number of ether oxygens (including phenoxy) is 1. The topological polar surface area (TPSA) is 47.2 Å². The van der Waals surface area contributed by atoms with E-state index in [2.05, 4.69) is 23.5 Å². The Bertz CT molecular complexity index is 932.